The lowest BCUT2D eigenvalue weighted by Gasteiger charge is -2.30. The van der Waals surface area contributed by atoms with Crippen LogP contribution in [-0.4, -0.2) is 59.7 Å². The summed E-state index contributed by atoms with van der Waals surface area (Å²) in [5.41, 5.74) is -0.217. The highest BCUT2D eigenvalue weighted by molar-refractivity contribution is 6.01. The molecule has 11 nitrogen and oxygen atoms in total. The molecule has 0 unspecified atom stereocenters. The van der Waals surface area contributed by atoms with E-state index in [0.29, 0.717) is 19.3 Å². The number of anilines is 1. The van der Waals surface area contributed by atoms with Crippen molar-refractivity contribution in [3.8, 4) is 5.75 Å². The molecule has 1 saturated heterocycles. The maximum Gasteiger partial charge on any atom is 0.332 e. The van der Waals surface area contributed by atoms with Gasteiger partial charge in [-0.25, -0.2) is 4.79 Å². The predicted molar refractivity (Wildman–Crippen MR) is 142 cm³/mol. The molecule has 2 rings (SSSR count). The Balaban J connectivity index is 2.37. The lowest BCUT2D eigenvalue weighted by Crippen LogP contribution is -2.50. The first kappa shape index (κ1) is 31.6. The van der Waals surface area contributed by atoms with Crippen molar-refractivity contribution >= 4 is 35.9 Å². The van der Waals surface area contributed by atoms with E-state index in [2.05, 4.69) is 10.6 Å². The number of hydrogen-bond acceptors (Lipinski definition) is 9. The molecule has 0 saturated carbocycles. The quantitative estimate of drug-likeness (QED) is 0.124. The maximum absolute atomic E-state index is 13.4. The van der Waals surface area contributed by atoms with Crippen LogP contribution in [0.25, 0.3) is 0 Å². The highest BCUT2D eigenvalue weighted by Gasteiger charge is 2.44. The number of phenols is 1. The molecule has 0 bridgehead atoms. The molecule has 216 valence electrons. The number of benzene rings is 1. The normalized spacial score (nSPS) is 24.3. The van der Waals surface area contributed by atoms with Gasteiger partial charge in [-0.2, -0.15) is 0 Å². The minimum atomic E-state index is -1.42. The van der Waals surface area contributed by atoms with E-state index in [0.717, 1.165) is 12.8 Å². The number of para-hydroxylation sites is 1. The number of esters is 3. The molecule has 2 amide bonds. The highest BCUT2D eigenvalue weighted by atomic mass is 16.6. The Morgan fingerprint density at radius 2 is 1.74 bits per heavy atom. The van der Waals surface area contributed by atoms with Crippen LogP contribution in [0.15, 0.2) is 18.2 Å². The molecule has 1 heterocycles. The van der Waals surface area contributed by atoms with Crippen molar-refractivity contribution in [2.75, 3.05) is 5.32 Å². The molecular weight excluding hydrogens is 508 g/mol. The molecule has 0 radical (unpaired) electrons. The Kier molecular flexibility index (Phi) is 11.7. The van der Waals surface area contributed by atoms with Gasteiger partial charge in [0.1, 0.15) is 12.2 Å². The van der Waals surface area contributed by atoms with Gasteiger partial charge in [0.25, 0.3) is 5.91 Å². The van der Waals surface area contributed by atoms with Crippen LogP contribution in [0.2, 0.25) is 0 Å². The lowest BCUT2D eigenvalue weighted by molar-refractivity contribution is -0.178. The summed E-state index contributed by atoms with van der Waals surface area (Å²) in [6, 6.07) is 2.70. The van der Waals surface area contributed by atoms with Crippen molar-refractivity contribution in [2.45, 2.75) is 91.6 Å². The molecule has 1 aliphatic rings. The summed E-state index contributed by atoms with van der Waals surface area (Å²) in [5.74, 6) is -4.77. The van der Waals surface area contributed by atoms with Crippen LogP contribution in [0.5, 0.6) is 5.75 Å². The predicted octanol–water partition coefficient (Wildman–Crippen LogP) is 3.34. The first-order chi connectivity index (χ1) is 18.4. The van der Waals surface area contributed by atoms with E-state index in [-0.39, 0.29) is 17.2 Å². The van der Waals surface area contributed by atoms with E-state index in [4.69, 9.17) is 14.2 Å². The minimum absolute atomic E-state index is 0.00186. The third-order valence-electron chi connectivity index (χ3n) is 7.01. The molecule has 1 fully saturated rings. The number of unbranched alkanes of at least 4 members (excludes halogenated alkanes) is 2. The Morgan fingerprint density at radius 3 is 2.36 bits per heavy atom. The van der Waals surface area contributed by atoms with Gasteiger partial charge in [0.15, 0.2) is 17.9 Å². The number of carbonyl (C=O) groups is 5. The monoisotopic (exact) mass is 548 g/mol. The molecule has 0 aromatic heterocycles. The standard InChI is InChI=1S/C28H40N2O9/c1-7-8-9-11-20-24(39-26(34)16(4)15(2)3)18(6)38-28(36)22(17(5)37-27(20)35)30-25(33)19-12-10-13-21(23(19)32)29-14-31/h10,12-18,20,22,24,32H,7-9,11H2,1-6H3,(H,29,31)(H,30,33)/t16-,17-,18+,20-,22+,24+/m1/s1. The van der Waals surface area contributed by atoms with Gasteiger partial charge < -0.3 is 30.0 Å². The third-order valence-corrected chi connectivity index (χ3v) is 7.01. The molecule has 39 heavy (non-hydrogen) atoms. The van der Waals surface area contributed by atoms with E-state index in [1.807, 2.05) is 20.8 Å². The number of phenolic OH excluding ortho intramolecular Hbond substituents is 1. The summed E-state index contributed by atoms with van der Waals surface area (Å²) in [6.45, 7) is 10.5. The zero-order valence-electron chi connectivity index (χ0n) is 23.4. The SMILES string of the molecule is CCCCC[C@H]1C(=O)O[C@H](C)[C@H](NC(=O)c2cccc(NC=O)c2O)C(=O)O[C@@H](C)[C@@H]1OC(=O)[C@H](C)C(C)C. The molecule has 1 aromatic rings. The van der Waals surface area contributed by atoms with Gasteiger partial charge in [0, 0.05) is 0 Å². The molecule has 0 aliphatic carbocycles. The fraction of sp³-hybridized carbons (Fsp3) is 0.607. The van der Waals surface area contributed by atoms with Crippen molar-refractivity contribution in [1.29, 1.82) is 0 Å². The number of rotatable bonds is 11. The number of nitrogens with one attached hydrogen (secondary N) is 2. The number of amides is 2. The van der Waals surface area contributed by atoms with E-state index in [1.54, 1.807) is 6.92 Å². The number of carbonyl (C=O) groups excluding carboxylic acids is 5. The Labute approximate surface area is 228 Å². The molecular formula is C28H40N2O9. The second-order valence-electron chi connectivity index (χ2n) is 10.2. The number of aromatic hydroxyl groups is 1. The maximum atomic E-state index is 13.4. The summed E-state index contributed by atoms with van der Waals surface area (Å²) in [7, 11) is 0. The van der Waals surface area contributed by atoms with E-state index < -0.39 is 65.8 Å². The second kappa shape index (κ2) is 14.5. The van der Waals surface area contributed by atoms with E-state index in [9.17, 15) is 29.1 Å². The average molecular weight is 549 g/mol. The Bertz CT molecular complexity index is 1040. The molecule has 3 N–H and O–H groups in total. The molecule has 11 heteroatoms. The van der Waals surface area contributed by atoms with Crippen molar-refractivity contribution in [1.82, 2.24) is 5.32 Å². The first-order valence-corrected chi connectivity index (χ1v) is 13.4. The molecule has 1 aliphatic heterocycles. The number of hydrogen-bond donors (Lipinski definition) is 3. The average Bonchev–Trinajstić information content (AvgIpc) is 2.90. The topological polar surface area (TPSA) is 157 Å². The Morgan fingerprint density at radius 1 is 1.08 bits per heavy atom. The fourth-order valence-corrected chi connectivity index (χ4v) is 4.21. The summed E-state index contributed by atoms with van der Waals surface area (Å²) in [6.07, 6.45) is -0.115. The number of cyclic esters (lactones) is 2. The van der Waals surface area contributed by atoms with Crippen molar-refractivity contribution in [3.05, 3.63) is 23.8 Å². The van der Waals surface area contributed by atoms with Gasteiger partial charge in [-0.1, -0.05) is 53.0 Å². The lowest BCUT2D eigenvalue weighted by atomic mass is 9.91. The van der Waals surface area contributed by atoms with Crippen molar-refractivity contribution in [2.24, 2.45) is 17.8 Å². The summed E-state index contributed by atoms with van der Waals surface area (Å²) in [4.78, 5) is 63.2. The van der Waals surface area contributed by atoms with Crippen LogP contribution in [0, 0.1) is 17.8 Å². The van der Waals surface area contributed by atoms with E-state index in [1.165, 1.54) is 32.0 Å². The van der Waals surface area contributed by atoms with E-state index >= 15 is 0 Å². The highest BCUT2D eigenvalue weighted by Crippen LogP contribution is 2.29. The van der Waals surface area contributed by atoms with Gasteiger partial charge in [0.05, 0.1) is 23.1 Å². The van der Waals surface area contributed by atoms with Crippen LogP contribution in [0.3, 0.4) is 0 Å². The van der Waals surface area contributed by atoms with Gasteiger partial charge in [-0.05, 0) is 38.3 Å². The van der Waals surface area contributed by atoms with Crippen LogP contribution >= 0.6 is 0 Å². The minimum Gasteiger partial charge on any atom is -0.505 e. The molecule has 0 spiro atoms. The summed E-state index contributed by atoms with van der Waals surface area (Å²) >= 11 is 0. The third kappa shape index (κ3) is 8.18. The van der Waals surface area contributed by atoms with Crippen LogP contribution < -0.4 is 10.6 Å². The van der Waals surface area contributed by atoms with Gasteiger partial charge in [-0.15, -0.1) is 0 Å². The van der Waals surface area contributed by atoms with Crippen molar-refractivity contribution in [3.63, 3.8) is 0 Å². The van der Waals surface area contributed by atoms with Gasteiger partial charge in [0.2, 0.25) is 6.41 Å². The number of ether oxygens (including phenoxy) is 3. The molecule has 1 aromatic carbocycles. The fourth-order valence-electron chi connectivity index (χ4n) is 4.21. The zero-order valence-corrected chi connectivity index (χ0v) is 23.4. The second-order valence-corrected chi connectivity index (χ2v) is 10.2. The van der Waals surface area contributed by atoms with Crippen LogP contribution in [-0.2, 0) is 33.4 Å². The zero-order chi connectivity index (χ0) is 29.3. The summed E-state index contributed by atoms with van der Waals surface area (Å²) < 4.78 is 17.0. The molecule has 6 atom stereocenters. The van der Waals surface area contributed by atoms with Gasteiger partial charge in [-0.3, -0.25) is 19.2 Å². The van der Waals surface area contributed by atoms with Crippen LogP contribution in [0.4, 0.5) is 5.69 Å². The summed E-state index contributed by atoms with van der Waals surface area (Å²) in [5, 5.41) is 15.1. The van der Waals surface area contributed by atoms with Crippen LogP contribution in [0.1, 0.15) is 77.6 Å². The van der Waals surface area contributed by atoms with Gasteiger partial charge >= 0.3 is 17.9 Å². The first-order valence-electron chi connectivity index (χ1n) is 13.4. The van der Waals surface area contributed by atoms with Crippen molar-refractivity contribution < 1.29 is 43.3 Å². The smallest absolute Gasteiger partial charge is 0.332 e. The largest absolute Gasteiger partial charge is 0.505 e. The Hall–Kier alpha value is -3.63.